The number of fused-ring (bicyclic) bond motifs is 1. The molecule has 0 heterocycles. The van der Waals surface area contributed by atoms with Gasteiger partial charge in [0.05, 0.1) is 0 Å². The Morgan fingerprint density at radius 1 is 0.920 bits per heavy atom. The van der Waals surface area contributed by atoms with Crippen molar-refractivity contribution < 1.29 is 14.3 Å². The van der Waals surface area contributed by atoms with E-state index in [1.165, 1.54) is 6.07 Å². The number of carbonyl (C=O) groups excluding carboxylic acids is 2. The van der Waals surface area contributed by atoms with E-state index in [0.717, 1.165) is 10.8 Å². The second kappa shape index (κ2) is 7.68. The van der Waals surface area contributed by atoms with E-state index in [-0.39, 0.29) is 6.61 Å². The molecule has 5 nitrogen and oxygen atoms in total. The maximum Gasteiger partial charge on any atom is 0.276 e. The van der Waals surface area contributed by atoms with Crippen molar-refractivity contribution >= 4 is 34.2 Å². The first-order chi connectivity index (χ1) is 12.1. The van der Waals surface area contributed by atoms with E-state index >= 15 is 0 Å². The van der Waals surface area contributed by atoms with Crippen LogP contribution in [0.15, 0.2) is 66.7 Å². The van der Waals surface area contributed by atoms with Gasteiger partial charge in [-0.3, -0.25) is 20.4 Å². The molecule has 0 aliphatic heterocycles. The summed E-state index contributed by atoms with van der Waals surface area (Å²) in [6, 6.07) is 19.8. The molecule has 3 aromatic rings. The van der Waals surface area contributed by atoms with Gasteiger partial charge >= 0.3 is 0 Å². The average Bonchev–Trinajstić information content (AvgIpc) is 2.64. The summed E-state index contributed by atoms with van der Waals surface area (Å²) in [6.07, 6.45) is 0. The van der Waals surface area contributed by atoms with Gasteiger partial charge in [-0.1, -0.05) is 54.1 Å². The van der Waals surface area contributed by atoms with Crippen molar-refractivity contribution in [3.63, 3.8) is 0 Å². The number of carbonyl (C=O) groups is 2. The van der Waals surface area contributed by atoms with Crippen LogP contribution in [0.4, 0.5) is 0 Å². The van der Waals surface area contributed by atoms with Crippen LogP contribution in [0.3, 0.4) is 0 Å². The van der Waals surface area contributed by atoms with Crippen LogP contribution in [0.2, 0.25) is 5.02 Å². The highest BCUT2D eigenvalue weighted by Gasteiger charge is 2.09. The number of amides is 2. The van der Waals surface area contributed by atoms with Gasteiger partial charge in [0, 0.05) is 16.0 Å². The number of nitrogens with one attached hydrogen (secondary N) is 2. The first-order valence-corrected chi connectivity index (χ1v) is 7.96. The SMILES string of the molecule is O=C(COc1cccc2ccccc12)NNC(=O)c1cccc(Cl)c1. The third-order valence-electron chi connectivity index (χ3n) is 3.51. The Morgan fingerprint density at radius 2 is 1.68 bits per heavy atom. The van der Waals surface area contributed by atoms with Crippen LogP contribution in [0.1, 0.15) is 10.4 Å². The van der Waals surface area contributed by atoms with Crippen molar-refractivity contribution in [2.75, 3.05) is 6.61 Å². The molecule has 0 radical (unpaired) electrons. The molecule has 0 saturated heterocycles. The lowest BCUT2D eigenvalue weighted by atomic mass is 10.1. The molecule has 2 N–H and O–H groups in total. The first-order valence-electron chi connectivity index (χ1n) is 7.59. The van der Waals surface area contributed by atoms with E-state index in [0.29, 0.717) is 16.3 Å². The second-order valence-corrected chi connectivity index (χ2v) is 5.72. The summed E-state index contributed by atoms with van der Waals surface area (Å²) in [7, 11) is 0. The van der Waals surface area contributed by atoms with Gasteiger partial charge in [0.1, 0.15) is 5.75 Å². The van der Waals surface area contributed by atoms with E-state index < -0.39 is 11.8 Å². The highest BCUT2D eigenvalue weighted by atomic mass is 35.5. The van der Waals surface area contributed by atoms with Gasteiger partial charge in [-0.15, -0.1) is 0 Å². The van der Waals surface area contributed by atoms with Gasteiger partial charge in [-0.2, -0.15) is 0 Å². The molecule has 3 aromatic carbocycles. The number of rotatable bonds is 4. The Kier molecular flexibility index (Phi) is 5.16. The van der Waals surface area contributed by atoms with E-state index in [1.807, 2.05) is 36.4 Å². The number of benzene rings is 3. The molecule has 0 aliphatic rings. The largest absolute Gasteiger partial charge is 0.483 e. The fourth-order valence-corrected chi connectivity index (χ4v) is 2.52. The average molecular weight is 355 g/mol. The Labute approximate surface area is 149 Å². The minimum absolute atomic E-state index is 0.218. The molecule has 0 aromatic heterocycles. The molecule has 3 rings (SSSR count). The number of halogens is 1. The summed E-state index contributed by atoms with van der Waals surface area (Å²) in [4.78, 5) is 23.8. The third kappa shape index (κ3) is 4.28. The molecule has 0 unspecified atom stereocenters. The number of hydrogen-bond donors (Lipinski definition) is 2. The topological polar surface area (TPSA) is 67.4 Å². The summed E-state index contributed by atoms with van der Waals surface area (Å²) < 4.78 is 5.55. The minimum Gasteiger partial charge on any atom is -0.483 e. The van der Waals surface area contributed by atoms with Crippen LogP contribution in [0.5, 0.6) is 5.75 Å². The minimum atomic E-state index is -0.469. The van der Waals surface area contributed by atoms with Gasteiger partial charge in [0.25, 0.3) is 11.8 Å². The Hall–Kier alpha value is -3.05. The number of hydrogen-bond acceptors (Lipinski definition) is 3. The van der Waals surface area contributed by atoms with E-state index in [4.69, 9.17) is 16.3 Å². The summed E-state index contributed by atoms with van der Waals surface area (Å²) in [5.74, 6) is -0.321. The lowest BCUT2D eigenvalue weighted by Crippen LogP contribution is -2.43. The molecule has 6 heteroatoms. The zero-order chi connectivity index (χ0) is 17.6. The monoisotopic (exact) mass is 354 g/mol. The zero-order valence-corrected chi connectivity index (χ0v) is 13.9. The van der Waals surface area contributed by atoms with E-state index in [2.05, 4.69) is 10.9 Å². The van der Waals surface area contributed by atoms with Gasteiger partial charge in [0.15, 0.2) is 6.61 Å². The van der Waals surface area contributed by atoms with Crippen molar-refractivity contribution in [3.05, 3.63) is 77.3 Å². The Balaban J connectivity index is 1.55. The Bertz CT molecular complexity index is 922. The molecule has 25 heavy (non-hydrogen) atoms. The van der Waals surface area contributed by atoms with Crippen LogP contribution in [0, 0.1) is 0 Å². The fourth-order valence-electron chi connectivity index (χ4n) is 2.33. The predicted molar refractivity (Wildman–Crippen MR) is 96.5 cm³/mol. The molecular formula is C19H15ClN2O3. The molecule has 0 fully saturated rings. The second-order valence-electron chi connectivity index (χ2n) is 5.28. The molecule has 2 amide bonds. The lowest BCUT2D eigenvalue weighted by molar-refractivity contribution is -0.123. The van der Waals surface area contributed by atoms with E-state index in [9.17, 15) is 9.59 Å². The molecule has 126 valence electrons. The van der Waals surface area contributed by atoms with Crippen LogP contribution >= 0.6 is 11.6 Å². The van der Waals surface area contributed by atoms with Crippen molar-refractivity contribution in [1.29, 1.82) is 0 Å². The van der Waals surface area contributed by atoms with Gasteiger partial charge < -0.3 is 4.74 Å². The highest BCUT2D eigenvalue weighted by molar-refractivity contribution is 6.30. The quantitative estimate of drug-likeness (QED) is 0.706. The smallest absolute Gasteiger partial charge is 0.276 e. The first kappa shape index (κ1) is 16.8. The summed E-state index contributed by atoms with van der Waals surface area (Å²) in [5.41, 5.74) is 4.98. The van der Waals surface area contributed by atoms with Crippen molar-refractivity contribution in [2.45, 2.75) is 0 Å². The molecule has 0 bridgehead atoms. The van der Waals surface area contributed by atoms with Crippen molar-refractivity contribution in [1.82, 2.24) is 10.9 Å². The maximum atomic E-state index is 11.9. The van der Waals surface area contributed by atoms with Crippen molar-refractivity contribution in [2.24, 2.45) is 0 Å². The van der Waals surface area contributed by atoms with Crippen LogP contribution < -0.4 is 15.6 Å². The van der Waals surface area contributed by atoms with Gasteiger partial charge in [-0.25, -0.2) is 0 Å². The van der Waals surface area contributed by atoms with Crippen LogP contribution in [0.25, 0.3) is 10.8 Å². The number of ether oxygens (including phenoxy) is 1. The molecule has 0 atom stereocenters. The summed E-state index contributed by atoms with van der Waals surface area (Å²) >= 11 is 5.83. The highest BCUT2D eigenvalue weighted by Crippen LogP contribution is 2.24. The predicted octanol–water partition coefficient (Wildman–Crippen LogP) is 3.33. The van der Waals surface area contributed by atoms with Gasteiger partial charge in [-0.05, 0) is 29.7 Å². The normalized spacial score (nSPS) is 10.3. The molecule has 0 saturated carbocycles. The zero-order valence-electron chi connectivity index (χ0n) is 13.2. The van der Waals surface area contributed by atoms with Gasteiger partial charge in [0.2, 0.25) is 0 Å². The summed E-state index contributed by atoms with van der Waals surface area (Å²) in [5, 5.41) is 2.38. The maximum absolute atomic E-state index is 11.9. The molecular weight excluding hydrogens is 340 g/mol. The Morgan fingerprint density at radius 3 is 2.52 bits per heavy atom. The summed E-state index contributed by atoms with van der Waals surface area (Å²) in [6.45, 7) is -0.218. The molecule has 0 spiro atoms. The van der Waals surface area contributed by atoms with Crippen LogP contribution in [-0.2, 0) is 4.79 Å². The van der Waals surface area contributed by atoms with Crippen molar-refractivity contribution in [3.8, 4) is 5.75 Å². The molecule has 0 aliphatic carbocycles. The standard InChI is InChI=1S/C19H15ClN2O3/c20-15-8-3-7-14(11-15)19(24)22-21-18(23)12-25-17-10-4-6-13-5-1-2-9-16(13)17/h1-11H,12H2,(H,21,23)(H,22,24). The number of hydrazine groups is 1. The van der Waals surface area contributed by atoms with E-state index in [1.54, 1.807) is 24.3 Å². The fraction of sp³-hybridized carbons (Fsp3) is 0.0526. The lowest BCUT2D eigenvalue weighted by Gasteiger charge is -2.10. The van der Waals surface area contributed by atoms with Crippen LogP contribution in [-0.4, -0.2) is 18.4 Å². The third-order valence-corrected chi connectivity index (χ3v) is 3.75.